The monoisotopic (exact) mass is 255 g/mol. The average molecular weight is 255 g/mol. The van der Waals surface area contributed by atoms with Crippen molar-refractivity contribution in [1.29, 1.82) is 0 Å². The summed E-state index contributed by atoms with van der Waals surface area (Å²) in [6.07, 6.45) is 1.06. The number of likely N-dealkylation sites (N-methyl/N-ethyl adjacent to an activating group) is 1. The number of rotatable bonds is 7. The van der Waals surface area contributed by atoms with E-state index in [1.165, 1.54) is 4.88 Å². The minimum atomic E-state index is 0.0864. The highest BCUT2D eigenvalue weighted by Gasteiger charge is 2.12. The average Bonchev–Trinajstić information content (AvgIpc) is 2.86. The zero-order chi connectivity index (χ0) is 12.7. The van der Waals surface area contributed by atoms with Crippen LogP contribution < -0.4 is 5.73 Å². The first-order valence-corrected chi connectivity index (χ1v) is 6.77. The second-order valence-electron chi connectivity index (χ2n) is 4.15. The molecule has 0 radical (unpaired) electrons. The van der Waals surface area contributed by atoms with Crippen LogP contribution in [0.4, 0.5) is 0 Å². The molecule has 0 spiro atoms. The number of hydrogen-bond donors (Lipinski definition) is 2. The minimum Gasteiger partial charge on any atom is -0.409 e. The maximum absolute atomic E-state index is 8.62. The van der Waals surface area contributed by atoms with E-state index in [0.717, 1.165) is 26.1 Å². The van der Waals surface area contributed by atoms with Crippen LogP contribution in [0.5, 0.6) is 0 Å². The largest absolute Gasteiger partial charge is 0.409 e. The molecule has 1 rings (SSSR count). The Morgan fingerprint density at radius 3 is 2.94 bits per heavy atom. The first-order valence-electron chi connectivity index (χ1n) is 5.89. The van der Waals surface area contributed by atoms with Crippen LogP contribution in [-0.4, -0.2) is 35.6 Å². The standard InChI is InChI=1S/C12H21N3OS/c1-3-15(9-10(2)12(13)14-16)7-6-11-5-4-8-17-11/h4-5,8,10,16H,3,6-7,9H2,1-2H3,(H2,13,14). The van der Waals surface area contributed by atoms with Gasteiger partial charge in [0.25, 0.3) is 0 Å². The number of oxime groups is 1. The maximum atomic E-state index is 8.62. The Morgan fingerprint density at radius 2 is 2.41 bits per heavy atom. The zero-order valence-electron chi connectivity index (χ0n) is 10.5. The van der Waals surface area contributed by atoms with Crippen molar-refractivity contribution in [3.63, 3.8) is 0 Å². The van der Waals surface area contributed by atoms with Crippen molar-refractivity contribution in [3.05, 3.63) is 22.4 Å². The fourth-order valence-electron chi connectivity index (χ4n) is 1.68. The van der Waals surface area contributed by atoms with Crippen molar-refractivity contribution >= 4 is 17.2 Å². The van der Waals surface area contributed by atoms with Crippen LogP contribution >= 0.6 is 11.3 Å². The summed E-state index contributed by atoms with van der Waals surface area (Å²) in [5, 5.41) is 13.8. The molecular weight excluding hydrogens is 234 g/mol. The summed E-state index contributed by atoms with van der Waals surface area (Å²) in [6.45, 7) is 6.93. The van der Waals surface area contributed by atoms with E-state index in [0.29, 0.717) is 5.84 Å². The fraction of sp³-hybridized carbons (Fsp3) is 0.583. The van der Waals surface area contributed by atoms with Gasteiger partial charge in [-0.15, -0.1) is 11.3 Å². The lowest BCUT2D eigenvalue weighted by atomic mass is 10.1. The van der Waals surface area contributed by atoms with Gasteiger partial charge >= 0.3 is 0 Å². The summed E-state index contributed by atoms with van der Waals surface area (Å²) in [5.41, 5.74) is 5.59. The smallest absolute Gasteiger partial charge is 0.143 e. The lowest BCUT2D eigenvalue weighted by molar-refractivity contribution is 0.268. The molecule has 1 unspecified atom stereocenters. The molecule has 0 saturated carbocycles. The molecule has 0 aliphatic carbocycles. The predicted molar refractivity (Wildman–Crippen MR) is 72.7 cm³/mol. The molecule has 4 nitrogen and oxygen atoms in total. The van der Waals surface area contributed by atoms with E-state index in [4.69, 9.17) is 10.9 Å². The van der Waals surface area contributed by atoms with Crippen LogP contribution in [0, 0.1) is 5.92 Å². The molecule has 0 aromatic carbocycles. The van der Waals surface area contributed by atoms with Crippen LogP contribution in [0.3, 0.4) is 0 Å². The molecule has 3 N–H and O–H groups in total. The highest BCUT2D eigenvalue weighted by molar-refractivity contribution is 7.09. The van der Waals surface area contributed by atoms with Crippen LogP contribution in [0.25, 0.3) is 0 Å². The zero-order valence-corrected chi connectivity index (χ0v) is 11.3. The number of thiophene rings is 1. The normalized spacial score (nSPS) is 14.2. The topological polar surface area (TPSA) is 61.8 Å². The van der Waals surface area contributed by atoms with Crippen LogP contribution in [0.1, 0.15) is 18.7 Å². The Balaban J connectivity index is 2.38. The molecule has 1 aromatic heterocycles. The van der Waals surface area contributed by atoms with Gasteiger partial charge in [-0.1, -0.05) is 25.1 Å². The summed E-state index contributed by atoms with van der Waals surface area (Å²) in [7, 11) is 0. The van der Waals surface area contributed by atoms with Gasteiger partial charge in [0.2, 0.25) is 0 Å². The predicted octanol–water partition coefficient (Wildman–Crippen LogP) is 1.99. The van der Waals surface area contributed by atoms with Crippen LogP contribution in [0.15, 0.2) is 22.7 Å². The lowest BCUT2D eigenvalue weighted by Crippen LogP contribution is -2.36. The van der Waals surface area contributed by atoms with Gasteiger partial charge in [-0.3, -0.25) is 0 Å². The molecule has 1 aromatic rings. The molecular formula is C12H21N3OS. The molecule has 0 fully saturated rings. The molecule has 17 heavy (non-hydrogen) atoms. The van der Waals surface area contributed by atoms with Crippen molar-refractivity contribution < 1.29 is 5.21 Å². The first kappa shape index (κ1) is 14.0. The Bertz CT molecular complexity index is 338. The summed E-state index contributed by atoms with van der Waals surface area (Å²) in [5.74, 6) is 0.392. The Morgan fingerprint density at radius 1 is 1.65 bits per heavy atom. The van der Waals surface area contributed by atoms with Crippen LogP contribution in [0.2, 0.25) is 0 Å². The van der Waals surface area contributed by atoms with Crippen LogP contribution in [-0.2, 0) is 6.42 Å². The first-order chi connectivity index (χ1) is 8.17. The summed E-state index contributed by atoms with van der Waals surface area (Å²) in [6, 6.07) is 4.24. The Labute approximate surface area is 107 Å². The Hall–Kier alpha value is -1.07. The summed E-state index contributed by atoms with van der Waals surface area (Å²) < 4.78 is 0. The van der Waals surface area contributed by atoms with Crippen molar-refractivity contribution in [2.45, 2.75) is 20.3 Å². The second-order valence-corrected chi connectivity index (χ2v) is 5.18. The van der Waals surface area contributed by atoms with Crippen molar-refractivity contribution in [2.75, 3.05) is 19.6 Å². The molecule has 1 heterocycles. The summed E-state index contributed by atoms with van der Waals surface area (Å²) in [4.78, 5) is 3.72. The Kier molecular flexibility index (Phi) is 6.00. The van der Waals surface area contributed by atoms with Crippen molar-refractivity contribution in [1.82, 2.24) is 4.90 Å². The lowest BCUT2D eigenvalue weighted by Gasteiger charge is -2.23. The SMILES string of the molecule is CCN(CCc1cccs1)CC(C)C(N)=NO. The maximum Gasteiger partial charge on any atom is 0.143 e. The van der Waals surface area contributed by atoms with Gasteiger partial charge in [-0.05, 0) is 24.4 Å². The van der Waals surface area contributed by atoms with Gasteiger partial charge in [0.1, 0.15) is 5.84 Å². The van der Waals surface area contributed by atoms with E-state index in [-0.39, 0.29) is 5.92 Å². The number of amidine groups is 1. The highest BCUT2D eigenvalue weighted by Crippen LogP contribution is 2.10. The quantitative estimate of drug-likeness (QED) is 0.339. The van der Waals surface area contributed by atoms with Gasteiger partial charge in [0.15, 0.2) is 0 Å². The number of nitrogens with zero attached hydrogens (tertiary/aromatic N) is 2. The minimum absolute atomic E-state index is 0.0864. The van der Waals surface area contributed by atoms with Gasteiger partial charge < -0.3 is 15.8 Å². The van der Waals surface area contributed by atoms with E-state index in [1.54, 1.807) is 11.3 Å². The fourth-order valence-corrected chi connectivity index (χ4v) is 2.38. The van der Waals surface area contributed by atoms with Gasteiger partial charge in [-0.25, -0.2) is 0 Å². The molecule has 0 aliphatic heterocycles. The van der Waals surface area contributed by atoms with E-state index >= 15 is 0 Å². The number of hydrogen-bond acceptors (Lipinski definition) is 4. The third kappa shape index (κ3) is 4.75. The van der Waals surface area contributed by atoms with Gasteiger partial charge in [0.05, 0.1) is 0 Å². The molecule has 0 saturated heterocycles. The molecule has 0 bridgehead atoms. The highest BCUT2D eigenvalue weighted by atomic mass is 32.1. The van der Waals surface area contributed by atoms with E-state index in [1.807, 2.05) is 6.92 Å². The van der Waals surface area contributed by atoms with Gasteiger partial charge in [-0.2, -0.15) is 0 Å². The molecule has 96 valence electrons. The molecule has 5 heteroatoms. The molecule has 0 aliphatic rings. The molecule has 0 amide bonds. The van der Waals surface area contributed by atoms with E-state index in [9.17, 15) is 0 Å². The summed E-state index contributed by atoms with van der Waals surface area (Å²) >= 11 is 1.79. The van der Waals surface area contributed by atoms with E-state index < -0.39 is 0 Å². The third-order valence-electron chi connectivity index (χ3n) is 2.85. The van der Waals surface area contributed by atoms with Crippen molar-refractivity contribution in [2.24, 2.45) is 16.8 Å². The van der Waals surface area contributed by atoms with Gasteiger partial charge in [0, 0.05) is 23.9 Å². The van der Waals surface area contributed by atoms with Crippen molar-refractivity contribution in [3.8, 4) is 0 Å². The third-order valence-corrected chi connectivity index (χ3v) is 3.79. The second kappa shape index (κ2) is 7.29. The van der Waals surface area contributed by atoms with E-state index in [2.05, 4.69) is 34.5 Å². The number of nitrogens with two attached hydrogens (primary N) is 1. The molecule has 1 atom stereocenters.